The van der Waals surface area contributed by atoms with E-state index in [1.807, 2.05) is 0 Å². The summed E-state index contributed by atoms with van der Waals surface area (Å²) in [5, 5.41) is 11.8. The molecule has 0 aromatic carbocycles. The quantitative estimate of drug-likeness (QED) is 0.660. The van der Waals surface area contributed by atoms with Crippen LogP contribution in [0.4, 0.5) is 0 Å². The van der Waals surface area contributed by atoms with Gasteiger partial charge >= 0.3 is 0 Å². The molecule has 0 saturated carbocycles. The third kappa shape index (κ3) is 1.40. The topological polar surface area (TPSA) is 23.5 Å². The lowest BCUT2D eigenvalue weighted by atomic mass is 10.2. The van der Waals surface area contributed by atoms with Crippen LogP contribution >= 0.6 is 11.3 Å². The molecule has 0 aliphatic carbocycles. The van der Waals surface area contributed by atoms with Crippen LogP contribution in [-0.4, -0.2) is 23.6 Å². The van der Waals surface area contributed by atoms with Gasteiger partial charge in [-0.1, -0.05) is 0 Å². The fourth-order valence-electron chi connectivity index (χ4n) is 1.61. The first-order chi connectivity index (χ1) is 5.77. The molecule has 1 aromatic rings. The van der Waals surface area contributed by atoms with Crippen LogP contribution in [0, 0.1) is 0 Å². The van der Waals surface area contributed by atoms with Gasteiger partial charge in [0.1, 0.15) is 0 Å². The Morgan fingerprint density at radius 3 is 3.33 bits per heavy atom. The minimum Gasteiger partial charge on any atom is -0.388 e. The Morgan fingerprint density at radius 1 is 1.67 bits per heavy atom. The maximum absolute atomic E-state index is 9.73. The Bertz CT molecular complexity index is 271. The number of hydrogen-bond acceptors (Lipinski definition) is 3. The molecule has 0 spiro atoms. The van der Waals surface area contributed by atoms with Crippen LogP contribution in [0.25, 0.3) is 0 Å². The molecular weight excluding hydrogens is 170 g/mol. The third-order valence-electron chi connectivity index (χ3n) is 2.31. The lowest BCUT2D eigenvalue weighted by Crippen LogP contribution is -2.17. The molecule has 0 bridgehead atoms. The molecular formula is C9H13NOS. The molecule has 1 aliphatic rings. The monoisotopic (exact) mass is 183 g/mol. The van der Waals surface area contributed by atoms with Crippen molar-refractivity contribution in [3.8, 4) is 0 Å². The van der Waals surface area contributed by atoms with Gasteiger partial charge in [0.25, 0.3) is 0 Å². The molecule has 1 aromatic heterocycles. The number of hydrogen-bond donors (Lipinski definition) is 1. The van der Waals surface area contributed by atoms with Gasteiger partial charge in [-0.05, 0) is 30.5 Å². The molecule has 2 heterocycles. The van der Waals surface area contributed by atoms with E-state index in [9.17, 15) is 5.11 Å². The maximum atomic E-state index is 9.73. The van der Waals surface area contributed by atoms with E-state index in [4.69, 9.17) is 0 Å². The zero-order valence-electron chi connectivity index (χ0n) is 7.16. The summed E-state index contributed by atoms with van der Waals surface area (Å²) in [7, 11) is 2.10. The lowest BCUT2D eigenvalue weighted by molar-refractivity contribution is 0.160. The molecule has 2 nitrogen and oxygen atoms in total. The molecule has 0 radical (unpaired) electrons. The highest BCUT2D eigenvalue weighted by molar-refractivity contribution is 7.10. The zero-order chi connectivity index (χ0) is 8.55. The summed E-state index contributed by atoms with van der Waals surface area (Å²) in [5.74, 6) is 0. The van der Waals surface area contributed by atoms with E-state index in [0.717, 1.165) is 19.5 Å². The zero-order valence-corrected chi connectivity index (χ0v) is 7.97. The smallest absolute Gasteiger partial charge is 0.0897 e. The highest BCUT2D eigenvalue weighted by Gasteiger charge is 2.19. The number of aliphatic hydroxyl groups is 1. The molecule has 0 amide bonds. The number of nitrogens with zero attached hydrogens (tertiary/aromatic N) is 1. The summed E-state index contributed by atoms with van der Waals surface area (Å²) in [5.41, 5.74) is 1.30. The van der Waals surface area contributed by atoms with Crippen molar-refractivity contribution in [3.63, 3.8) is 0 Å². The number of fused-ring (bicyclic) bond motifs is 1. The van der Waals surface area contributed by atoms with Crippen LogP contribution in [0.2, 0.25) is 0 Å². The number of rotatable bonds is 0. The highest BCUT2D eigenvalue weighted by atomic mass is 32.1. The predicted octanol–water partition coefficient (Wildman–Crippen LogP) is 1.62. The van der Waals surface area contributed by atoms with Gasteiger partial charge in [-0.2, -0.15) is 0 Å². The average Bonchev–Trinajstić information content (AvgIpc) is 2.44. The van der Waals surface area contributed by atoms with Crippen molar-refractivity contribution in [3.05, 3.63) is 21.9 Å². The molecule has 2 rings (SSSR count). The highest BCUT2D eigenvalue weighted by Crippen LogP contribution is 2.30. The summed E-state index contributed by atoms with van der Waals surface area (Å²) in [6.07, 6.45) is 0.634. The summed E-state index contributed by atoms with van der Waals surface area (Å²) < 4.78 is 0. The van der Waals surface area contributed by atoms with Gasteiger partial charge in [-0.3, -0.25) is 0 Å². The minimum atomic E-state index is -0.232. The molecule has 0 saturated heterocycles. The predicted molar refractivity (Wildman–Crippen MR) is 50.2 cm³/mol. The van der Waals surface area contributed by atoms with Gasteiger partial charge in [-0.25, -0.2) is 0 Å². The van der Waals surface area contributed by atoms with Crippen molar-refractivity contribution in [2.75, 3.05) is 13.6 Å². The van der Waals surface area contributed by atoms with Crippen LogP contribution in [0.1, 0.15) is 23.0 Å². The lowest BCUT2D eigenvalue weighted by Gasteiger charge is -2.11. The Kier molecular flexibility index (Phi) is 2.17. The van der Waals surface area contributed by atoms with Gasteiger partial charge < -0.3 is 10.0 Å². The second kappa shape index (κ2) is 3.17. The Morgan fingerprint density at radius 2 is 2.50 bits per heavy atom. The number of thiophene rings is 1. The maximum Gasteiger partial charge on any atom is 0.0897 e. The van der Waals surface area contributed by atoms with Gasteiger partial charge in [0.05, 0.1) is 6.10 Å². The van der Waals surface area contributed by atoms with E-state index in [1.165, 1.54) is 10.4 Å². The second-order valence-electron chi connectivity index (χ2n) is 3.35. The van der Waals surface area contributed by atoms with E-state index in [0.29, 0.717) is 0 Å². The van der Waals surface area contributed by atoms with Gasteiger partial charge in [0, 0.05) is 18.0 Å². The average molecular weight is 183 g/mol. The fourth-order valence-corrected chi connectivity index (χ4v) is 2.55. The first-order valence-corrected chi connectivity index (χ1v) is 5.08. The SMILES string of the molecule is CN1CCC(O)c2sccc2C1. The van der Waals surface area contributed by atoms with E-state index in [1.54, 1.807) is 11.3 Å². The third-order valence-corrected chi connectivity index (χ3v) is 3.37. The molecule has 1 N–H and O–H groups in total. The van der Waals surface area contributed by atoms with E-state index in [-0.39, 0.29) is 6.10 Å². The molecule has 0 fully saturated rings. The second-order valence-corrected chi connectivity index (χ2v) is 4.30. The Balaban J connectivity index is 2.32. The van der Waals surface area contributed by atoms with Gasteiger partial charge in [0.2, 0.25) is 0 Å². The van der Waals surface area contributed by atoms with Gasteiger partial charge in [0.15, 0.2) is 0 Å². The summed E-state index contributed by atoms with van der Waals surface area (Å²) >= 11 is 1.67. The molecule has 1 atom stereocenters. The van der Waals surface area contributed by atoms with Crippen molar-refractivity contribution in [2.45, 2.75) is 19.1 Å². The normalized spacial score (nSPS) is 25.0. The van der Waals surface area contributed by atoms with E-state index < -0.39 is 0 Å². The molecule has 3 heteroatoms. The fraction of sp³-hybridized carbons (Fsp3) is 0.556. The molecule has 1 aliphatic heterocycles. The molecule has 1 unspecified atom stereocenters. The van der Waals surface area contributed by atoms with Crippen LogP contribution in [0.3, 0.4) is 0 Å². The van der Waals surface area contributed by atoms with Crippen molar-refractivity contribution in [2.24, 2.45) is 0 Å². The van der Waals surface area contributed by atoms with Crippen molar-refractivity contribution < 1.29 is 5.11 Å². The standard InChI is InChI=1S/C9H13NOS/c1-10-4-2-8(11)9-7(6-10)3-5-12-9/h3,5,8,11H,2,4,6H2,1H3. The first-order valence-electron chi connectivity index (χ1n) is 4.20. The summed E-state index contributed by atoms with van der Waals surface area (Å²) in [4.78, 5) is 3.42. The Labute approximate surface area is 76.4 Å². The van der Waals surface area contributed by atoms with Crippen molar-refractivity contribution in [1.29, 1.82) is 0 Å². The van der Waals surface area contributed by atoms with Crippen molar-refractivity contribution >= 4 is 11.3 Å². The Hall–Kier alpha value is -0.380. The van der Waals surface area contributed by atoms with Crippen LogP contribution in [0.5, 0.6) is 0 Å². The summed E-state index contributed by atoms with van der Waals surface area (Å²) in [6, 6.07) is 2.12. The van der Waals surface area contributed by atoms with Crippen LogP contribution in [0.15, 0.2) is 11.4 Å². The minimum absolute atomic E-state index is 0.232. The first kappa shape index (κ1) is 8.23. The van der Waals surface area contributed by atoms with Gasteiger partial charge in [-0.15, -0.1) is 11.3 Å². The largest absolute Gasteiger partial charge is 0.388 e. The van der Waals surface area contributed by atoms with Crippen molar-refractivity contribution in [1.82, 2.24) is 4.90 Å². The van der Waals surface area contributed by atoms with Crippen LogP contribution in [-0.2, 0) is 6.54 Å². The van der Waals surface area contributed by atoms with E-state index in [2.05, 4.69) is 23.4 Å². The van der Waals surface area contributed by atoms with Crippen LogP contribution < -0.4 is 0 Å². The van der Waals surface area contributed by atoms with E-state index >= 15 is 0 Å². The number of aliphatic hydroxyl groups excluding tert-OH is 1. The molecule has 12 heavy (non-hydrogen) atoms. The molecule has 66 valence electrons. The summed E-state index contributed by atoms with van der Waals surface area (Å²) in [6.45, 7) is 1.97.